The van der Waals surface area contributed by atoms with Crippen molar-refractivity contribution >= 4 is 28.4 Å². The average molecular weight is 536 g/mol. The molecule has 4 rings (SSSR count). The zero-order valence-corrected chi connectivity index (χ0v) is 24.1. The summed E-state index contributed by atoms with van der Waals surface area (Å²) in [6.07, 6.45) is 10.2. The van der Waals surface area contributed by atoms with E-state index in [1.54, 1.807) is 26.1 Å². The maximum absolute atomic E-state index is 14.4. The summed E-state index contributed by atoms with van der Waals surface area (Å²) in [6, 6.07) is 4.05. The summed E-state index contributed by atoms with van der Waals surface area (Å²) < 4.78 is 14.4. The predicted octanol–water partition coefficient (Wildman–Crippen LogP) is 5.23. The number of carbonyl (C=O) groups is 3. The second-order valence-corrected chi connectivity index (χ2v) is 12.8. The molecule has 39 heavy (non-hydrogen) atoms. The number of Topliss-reactive ketones (excluding diaryl/α,β-unsaturated/α-hetero) is 2. The summed E-state index contributed by atoms with van der Waals surface area (Å²) in [5.74, 6) is 1.82. The lowest BCUT2D eigenvalue weighted by molar-refractivity contribution is -0.146. The smallest absolute Gasteiger partial charge is 0.226 e. The number of carbonyl (C=O) groups excluding carboxylic acids is 3. The Kier molecular flexibility index (Phi) is 8.10. The monoisotopic (exact) mass is 535 g/mol. The number of nitrogens with one attached hydrogen (secondary N) is 2. The molecular formula is C32H42FN3O3. The highest BCUT2D eigenvalue weighted by Crippen LogP contribution is 2.56. The molecule has 1 amide bonds. The topological polar surface area (TPSA) is 82.3 Å². The minimum absolute atomic E-state index is 0.0410. The average Bonchev–Trinajstić information content (AvgIpc) is 3.43. The Balaban J connectivity index is 1.72. The second-order valence-electron chi connectivity index (χ2n) is 12.8. The number of aromatic amines is 1. The Labute approximate surface area is 231 Å². The summed E-state index contributed by atoms with van der Waals surface area (Å²) in [4.78, 5) is 45.1. The van der Waals surface area contributed by atoms with Crippen LogP contribution in [0.15, 0.2) is 24.4 Å². The molecule has 1 aromatic heterocycles. The van der Waals surface area contributed by atoms with E-state index in [0.29, 0.717) is 19.4 Å². The van der Waals surface area contributed by atoms with Crippen molar-refractivity contribution in [3.63, 3.8) is 0 Å². The van der Waals surface area contributed by atoms with Crippen LogP contribution in [0.5, 0.6) is 0 Å². The van der Waals surface area contributed by atoms with E-state index in [0.717, 1.165) is 29.3 Å². The maximum Gasteiger partial charge on any atom is 0.226 e. The van der Waals surface area contributed by atoms with Crippen molar-refractivity contribution in [1.82, 2.24) is 15.2 Å². The van der Waals surface area contributed by atoms with E-state index in [2.05, 4.69) is 23.1 Å². The molecule has 6 atom stereocenters. The molecule has 7 heteroatoms. The van der Waals surface area contributed by atoms with Crippen LogP contribution in [0, 0.1) is 41.3 Å². The highest BCUT2D eigenvalue weighted by Gasteiger charge is 2.57. The molecule has 1 aromatic carbocycles. The zero-order valence-electron chi connectivity index (χ0n) is 24.1. The van der Waals surface area contributed by atoms with Gasteiger partial charge in [-0.1, -0.05) is 26.7 Å². The second kappa shape index (κ2) is 10.9. The summed E-state index contributed by atoms with van der Waals surface area (Å²) >= 11 is 0. The van der Waals surface area contributed by atoms with Crippen LogP contribution in [0.1, 0.15) is 78.2 Å². The molecule has 6 nitrogen and oxygen atoms in total. The number of hydrogen-bond donors (Lipinski definition) is 2. The molecule has 2 heterocycles. The molecule has 210 valence electrons. The van der Waals surface area contributed by atoms with Crippen LogP contribution in [0.4, 0.5) is 4.39 Å². The molecule has 0 bridgehead atoms. The molecule has 0 spiro atoms. The predicted molar refractivity (Wildman–Crippen MR) is 151 cm³/mol. The number of terminal acetylenes is 1. The van der Waals surface area contributed by atoms with Gasteiger partial charge in [0.05, 0.1) is 0 Å². The Morgan fingerprint density at radius 2 is 2.00 bits per heavy atom. The fraction of sp³-hybridized carbons (Fsp3) is 0.594. The Morgan fingerprint density at radius 1 is 1.28 bits per heavy atom. The van der Waals surface area contributed by atoms with E-state index in [1.807, 2.05) is 31.9 Å². The van der Waals surface area contributed by atoms with Gasteiger partial charge in [0.1, 0.15) is 17.6 Å². The molecule has 2 N–H and O–H groups in total. The molecule has 2 aliphatic rings. The van der Waals surface area contributed by atoms with Gasteiger partial charge >= 0.3 is 0 Å². The van der Waals surface area contributed by atoms with Gasteiger partial charge in [-0.05, 0) is 81.7 Å². The lowest BCUT2D eigenvalue weighted by atomic mass is 9.61. The van der Waals surface area contributed by atoms with Gasteiger partial charge in [0.2, 0.25) is 5.91 Å². The third kappa shape index (κ3) is 5.28. The molecule has 1 aliphatic carbocycles. The zero-order chi connectivity index (χ0) is 28.7. The van der Waals surface area contributed by atoms with Crippen LogP contribution < -0.4 is 5.32 Å². The number of benzene rings is 1. The minimum Gasteiger partial charge on any atom is -0.361 e. The molecule has 2 fully saturated rings. The van der Waals surface area contributed by atoms with Crippen LogP contribution in [0.25, 0.3) is 10.9 Å². The number of rotatable bonds is 8. The lowest BCUT2D eigenvalue weighted by Gasteiger charge is -2.51. The van der Waals surface area contributed by atoms with E-state index in [1.165, 1.54) is 6.07 Å². The van der Waals surface area contributed by atoms with Gasteiger partial charge in [0, 0.05) is 53.4 Å². The van der Waals surface area contributed by atoms with Crippen LogP contribution in [-0.4, -0.2) is 52.5 Å². The number of H-pyrrole nitrogens is 1. The van der Waals surface area contributed by atoms with Crippen molar-refractivity contribution < 1.29 is 18.8 Å². The maximum atomic E-state index is 14.4. The Morgan fingerprint density at radius 3 is 2.62 bits per heavy atom. The number of hydrogen-bond acceptors (Lipinski definition) is 4. The van der Waals surface area contributed by atoms with Crippen molar-refractivity contribution in [2.24, 2.45) is 23.2 Å². The van der Waals surface area contributed by atoms with Gasteiger partial charge in [-0.25, -0.2) is 4.39 Å². The number of likely N-dealkylation sites (tertiary alicyclic amines) is 1. The summed E-state index contributed by atoms with van der Waals surface area (Å²) in [5, 5.41) is 3.66. The van der Waals surface area contributed by atoms with E-state index >= 15 is 0 Å². The van der Waals surface area contributed by atoms with Crippen molar-refractivity contribution in [2.75, 3.05) is 13.6 Å². The molecule has 0 radical (unpaired) electrons. The quantitative estimate of drug-likeness (QED) is 0.454. The molecular weight excluding hydrogens is 493 g/mol. The first-order valence-electron chi connectivity index (χ1n) is 14.1. The third-order valence-electron chi connectivity index (χ3n) is 9.60. The fourth-order valence-corrected chi connectivity index (χ4v) is 7.24. The van der Waals surface area contributed by atoms with E-state index in [4.69, 9.17) is 6.42 Å². The van der Waals surface area contributed by atoms with Gasteiger partial charge < -0.3 is 15.2 Å². The molecule has 1 saturated heterocycles. The number of nitrogens with zero attached hydrogens (tertiary/aromatic N) is 1. The SMILES string of the molecule is C#CC(NC)C(=O)CCC(C(=O)N1CCC2CC(C(C)=O)CC(c3c[nH]c4ccc(F)cc34)C21C)C(C)(C)C. The fourth-order valence-electron chi connectivity index (χ4n) is 7.24. The van der Waals surface area contributed by atoms with Crippen LogP contribution in [-0.2, 0) is 14.4 Å². The van der Waals surface area contributed by atoms with Crippen molar-refractivity contribution in [3.05, 3.63) is 35.8 Å². The van der Waals surface area contributed by atoms with Crippen molar-refractivity contribution in [3.8, 4) is 12.3 Å². The largest absolute Gasteiger partial charge is 0.361 e. The summed E-state index contributed by atoms with van der Waals surface area (Å²) in [7, 11) is 1.66. The van der Waals surface area contributed by atoms with Crippen molar-refractivity contribution in [1.29, 1.82) is 0 Å². The van der Waals surface area contributed by atoms with E-state index in [-0.39, 0.29) is 58.8 Å². The third-order valence-corrected chi connectivity index (χ3v) is 9.60. The normalized spacial score (nSPS) is 26.6. The molecule has 1 saturated carbocycles. The summed E-state index contributed by atoms with van der Waals surface area (Å²) in [6.45, 7) is 10.5. The lowest BCUT2D eigenvalue weighted by Crippen LogP contribution is -2.58. The standard InChI is InChI=1S/C32H42FN3O3/c1-8-27(34-7)29(38)12-10-25(31(3,4)5)30(39)36-14-13-21-15-20(19(2)37)16-26(32(21,36)6)24-18-35-28-11-9-22(33)17-23(24)28/h1,9,11,17-18,20-21,25-27,34-35H,10,12-16H2,2-7H3. The highest BCUT2D eigenvalue weighted by molar-refractivity contribution is 5.88. The first-order valence-corrected chi connectivity index (χ1v) is 14.1. The molecule has 2 aromatic rings. The first-order chi connectivity index (χ1) is 18.3. The molecule has 6 unspecified atom stereocenters. The number of halogens is 1. The van der Waals surface area contributed by atoms with Crippen LogP contribution in [0.2, 0.25) is 0 Å². The number of likely N-dealkylation sites (N-methyl/N-ethyl adjacent to an activating group) is 1. The van der Waals surface area contributed by atoms with Crippen LogP contribution >= 0.6 is 0 Å². The van der Waals surface area contributed by atoms with Crippen LogP contribution in [0.3, 0.4) is 0 Å². The Bertz CT molecular complexity index is 1300. The first kappa shape index (κ1) is 29.0. The van der Waals surface area contributed by atoms with Crippen molar-refractivity contribution in [2.45, 2.75) is 84.2 Å². The highest BCUT2D eigenvalue weighted by atomic mass is 19.1. The van der Waals surface area contributed by atoms with E-state index in [9.17, 15) is 18.8 Å². The number of aromatic nitrogens is 1. The van der Waals surface area contributed by atoms with E-state index < -0.39 is 11.6 Å². The van der Waals surface area contributed by atoms with Gasteiger partial charge in [-0.15, -0.1) is 6.42 Å². The summed E-state index contributed by atoms with van der Waals surface area (Å²) in [5.41, 5.74) is 0.888. The Hall–Kier alpha value is -2.98. The van der Waals surface area contributed by atoms with Gasteiger partial charge in [0.15, 0.2) is 5.78 Å². The van der Waals surface area contributed by atoms with Gasteiger partial charge in [-0.2, -0.15) is 0 Å². The molecule has 1 aliphatic heterocycles. The number of ketones is 2. The number of amides is 1. The van der Waals surface area contributed by atoms with Gasteiger partial charge in [-0.3, -0.25) is 14.4 Å². The van der Waals surface area contributed by atoms with Gasteiger partial charge in [0.25, 0.3) is 0 Å². The number of fused-ring (bicyclic) bond motifs is 2. The minimum atomic E-state index is -0.664.